The Morgan fingerprint density at radius 1 is 1.03 bits per heavy atom. The number of fused-ring (bicyclic) bond motifs is 1. The Balaban J connectivity index is 1.39. The number of hydrogen-bond donors (Lipinski definition) is 1. The number of likely N-dealkylation sites (N-methyl/N-ethyl adjacent to an activating group) is 1. The van der Waals surface area contributed by atoms with Crippen LogP contribution in [0.1, 0.15) is 44.3 Å². The minimum absolute atomic E-state index is 0.456. The van der Waals surface area contributed by atoms with E-state index in [-0.39, 0.29) is 0 Å². The van der Waals surface area contributed by atoms with Crippen LogP contribution in [0.25, 0.3) is 11.0 Å². The molecule has 5 rings (SSSR count). The Hall–Kier alpha value is -3.00. The number of benzene rings is 1. The third-order valence-electron chi connectivity index (χ3n) is 6.45. The second-order valence-corrected chi connectivity index (χ2v) is 8.71. The predicted molar refractivity (Wildman–Crippen MR) is 127 cm³/mol. The van der Waals surface area contributed by atoms with Gasteiger partial charge in [0.15, 0.2) is 5.65 Å². The number of hydrogen-bond acceptors (Lipinski definition) is 8. The van der Waals surface area contributed by atoms with Crippen molar-refractivity contribution < 1.29 is 4.74 Å². The summed E-state index contributed by atoms with van der Waals surface area (Å²) in [4.78, 5) is 23.2. The van der Waals surface area contributed by atoms with Gasteiger partial charge in [-0.3, -0.25) is 0 Å². The van der Waals surface area contributed by atoms with Gasteiger partial charge in [0.25, 0.3) is 0 Å². The monoisotopic (exact) mass is 433 g/mol. The van der Waals surface area contributed by atoms with Gasteiger partial charge in [-0.2, -0.15) is 4.98 Å². The van der Waals surface area contributed by atoms with Crippen LogP contribution in [0.3, 0.4) is 0 Å². The lowest BCUT2D eigenvalue weighted by atomic mass is 10.1. The Morgan fingerprint density at radius 2 is 1.81 bits per heavy atom. The molecule has 0 atom stereocenters. The molecule has 1 aromatic carbocycles. The first-order valence-corrected chi connectivity index (χ1v) is 11.7. The van der Waals surface area contributed by atoms with Gasteiger partial charge in [0, 0.05) is 56.2 Å². The Kier molecular flexibility index (Phi) is 6.03. The Labute approximate surface area is 189 Å². The highest BCUT2D eigenvalue weighted by Gasteiger charge is 2.20. The molecule has 1 N–H and O–H groups in total. The maximum atomic E-state index is 5.96. The van der Waals surface area contributed by atoms with Gasteiger partial charge < -0.3 is 19.9 Å². The zero-order valence-electron chi connectivity index (χ0n) is 18.9. The lowest BCUT2D eigenvalue weighted by Crippen LogP contribution is -2.44. The van der Waals surface area contributed by atoms with Gasteiger partial charge in [-0.05, 0) is 38.9 Å². The van der Waals surface area contributed by atoms with Crippen LogP contribution in [0.5, 0.6) is 5.75 Å². The van der Waals surface area contributed by atoms with E-state index >= 15 is 0 Å². The molecule has 2 aliphatic rings. The summed E-state index contributed by atoms with van der Waals surface area (Å²) in [6.07, 6.45) is 8.47. The molecule has 0 spiro atoms. The van der Waals surface area contributed by atoms with Crippen LogP contribution in [-0.2, 0) is 0 Å². The largest absolute Gasteiger partial charge is 0.492 e. The van der Waals surface area contributed by atoms with Crippen molar-refractivity contribution in [1.82, 2.24) is 24.8 Å². The third-order valence-corrected chi connectivity index (χ3v) is 6.45. The average Bonchev–Trinajstić information content (AvgIpc) is 3.36. The molecule has 8 heteroatoms. The van der Waals surface area contributed by atoms with Crippen molar-refractivity contribution in [3.8, 4) is 5.75 Å². The van der Waals surface area contributed by atoms with Gasteiger partial charge in [-0.25, -0.2) is 15.0 Å². The van der Waals surface area contributed by atoms with E-state index in [4.69, 9.17) is 9.72 Å². The third kappa shape index (κ3) is 4.46. The van der Waals surface area contributed by atoms with Gasteiger partial charge >= 0.3 is 0 Å². The molecule has 1 aliphatic carbocycles. The lowest BCUT2D eigenvalue weighted by molar-refractivity contribution is 0.312. The van der Waals surface area contributed by atoms with E-state index in [1.165, 1.54) is 31.4 Å². The number of nitrogens with one attached hydrogen (secondary N) is 1. The molecule has 8 nitrogen and oxygen atoms in total. The van der Waals surface area contributed by atoms with Crippen LogP contribution in [0.4, 0.5) is 17.3 Å². The summed E-state index contributed by atoms with van der Waals surface area (Å²) < 4.78 is 5.96. The van der Waals surface area contributed by atoms with Gasteiger partial charge in [-0.15, -0.1) is 0 Å². The van der Waals surface area contributed by atoms with E-state index in [1.807, 2.05) is 13.1 Å². The Morgan fingerprint density at radius 3 is 2.59 bits per heavy atom. The standard InChI is InChI=1S/C24H31N7O/c1-3-32-21-14-19(31-12-10-30(2)11-13-31)8-9-20(21)27-24-26-16-18-15-25-22(28-23(18)29-24)17-6-4-5-7-17/h8-9,14-17H,3-7,10-13H2,1-2H3,(H,25,26,27,28,29). The van der Waals surface area contributed by atoms with E-state index in [9.17, 15) is 0 Å². The van der Waals surface area contributed by atoms with Crippen LogP contribution in [0, 0.1) is 0 Å². The number of nitrogens with zero attached hydrogens (tertiary/aromatic N) is 6. The maximum Gasteiger partial charge on any atom is 0.229 e. The van der Waals surface area contributed by atoms with Crippen LogP contribution in [-0.4, -0.2) is 64.7 Å². The minimum Gasteiger partial charge on any atom is -0.492 e. The van der Waals surface area contributed by atoms with Crippen molar-refractivity contribution in [2.24, 2.45) is 0 Å². The number of aromatic nitrogens is 4. The van der Waals surface area contributed by atoms with E-state index in [0.717, 1.165) is 48.8 Å². The second-order valence-electron chi connectivity index (χ2n) is 8.71. The molecule has 0 amide bonds. The summed E-state index contributed by atoms with van der Waals surface area (Å²) in [7, 11) is 2.17. The highest BCUT2D eigenvalue weighted by molar-refractivity contribution is 5.75. The van der Waals surface area contributed by atoms with Crippen molar-refractivity contribution in [3.05, 3.63) is 36.4 Å². The van der Waals surface area contributed by atoms with Crippen molar-refractivity contribution in [2.75, 3.05) is 50.1 Å². The fraction of sp³-hybridized carbons (Fsp3) is 0.500. The zero-order valence-corrected chi connectivity index (χ0v) is 18.9. The molecule has 1 saturated carbocycles. The molecular formula is C24H31N7O. The van der Waals surface area contributed by atoms with Crippen molar-refractivity contribution in [1.29, 1.82) is 0 Å². The van der Waals surface area contributed by atoms with Gasteiger partial charge in [0.1, 0.15) is 11.6 Å². The van der Waals surface area contributed by atoms with Crippen molar-refractivity contribution >= 4 is 28.4 Å². The number of anilines is 3. The molecule has 168 valence electrons. The average molecular weight is 434 g/mol. The van der Waals surface area contributed by atoms with Crippen molar-refractivity contribution in [3.63, 3.8) is 0 Å². The van der Waals surface area contributed by atoms with E-state index in [1.54, 1.807) is 6.20 Å². The number of ether oxygens (including phenoxy) is 1. The topological polar surface area (TPSA) is 79.3 Å². The first kappa shape index (κ1) is 20.9. The van der Waals surface area contributed by atoms with E-state index < -0.39 is 0 Å². The molecule has 1 aliphatic heterocycles. The maximum absolute atomic E-state index is 5.96. The number of piperazine rings is 1. The van der Waals surface area contributed by atoms with Crippen LogP contribution >= 0.6 is 0 Å². The second kappa shape index (κ2) is 9.24. The van der Waals surface area contributed by atoms with Crippen LogP contribution in [0.15, 0.2) is 30.6 Å². The smallest absolute Gasteiger partial charge is 0.229 e. The van der Waals surface area contributed by atoms with Gasteiger partial charge in [0.2, 0.25) is 5.95 Å². The first-order valence-electron chi connectivity index (χ1n) is 11.7. The fourth-order valence-corrected chi connectivity index (χ4v) is 4.55. The SMILES string of the molecule is CCOc1cc(N2CCN(C)CC2)ccc1Nc1ncc2cnc(C3CCCC3)nc2n1. The summed E-state index contributed by atoms with van der Waals surface area (Å²) in [6, 6.07) is 6.30. The molecular weight excluding hydrogens is 402 g/mol. The molecule has 2 fully saturated rings. The van der Waals surface area contributed by atoms with E-state index in [0.29, 0.717) is 24.1 Å². The molecule has 0 unspecified atom stereocenters. The molecule has 32 heavy (non-hydrogen) atoms. The summed E-state index contributed by atoms with van der Waals surface area (Å²) in [5.41, 5.74) is 2.72. The summed E-state index contributed by atoms with van der Waals surface area (Å²) >= 11 is 0. The van der Waals surface area contributed by atoms with Crippen molar-refractivity contribution in [2.45, 2.75) is 38.5 Å². The lowest BCUT2D eigenvalue weighted by Gasteiger charge is -2.34. The highest BCUT2D eigenvalue weighted by Crippen LogP contribution is 2.34. The van der Waals surface area contributed by atoms with Gasteiger partial charge in [-0.1, -0.05) is 12.8 Å². The molecule has 2 aromatic heterocycles. The summed E-state index contributed by atoms with van der Waals surface area (Å²) in [6.45, 7) is 6.77. The quantitative estimate of drug-likeness (QED) is 0.626. The summed E-state index contributed by atoms with van der Waals surface area (Å²) in [5, 5.41) is 4.20. The molecule has 3 aromatic rings. The molecule has 3 heterocycles. The predicted octanol–water partition coefficient (Wildman–Crippen LogP) is 3.97. The Bertz CT molecular complexity index is 1080. The summed E-state index contributed by atoms with van der Waals surface area (Å²) in [5.74, 6) is 2.69. The first-order chi connectivity index (χ1) is 15.7. The molecule has 0 radical (unpaired) electrons. The minimum atomic E-state index is 0.456. The van der Waals surface area contributed by atoms with E-state index in [2.05, 4.69) is 55.3 Å². The molecule has 1 saturated heterocycles. The fourth-order valence-electron chi connectivity index (χ4n) is 4.55. The molecule has 0 bridgehead atoms. The van der Waals surface area contributed by atoms with Gasteiger partial charge in [0.05, 0.1) is 17.7 Å². The van der Waals surface area contributed by atoms with Crippen LogP contribution < -0.4 is 15.0 Å². The highest BCUT2D eigenvalue weighted by atomic mass is 16.5. The number of rotatable bonds is 6. The normalized spacial score (nSPS) is 17.8. The van der Waals surface area contributed by atoms with Crippen LogP contribution in [0.2, 0.25) is 0 Å². The zero-order chi connectivity index (χ0) is 21.9.